The van der Waals surface area contributed by atoms with Crippen LogP contribution in [0.3, 0.4) is 0 Å². The summed E-state index contributed by atoms with van der Waals surface area (Å²) >= 11 is 0. The van der Waals surface area contributed by atoms with Crippen LogP contribution in [0, 0.1) is 29.7 Å². The minimum absolute atomic E-state index is 0. The SMILES string of the molecule is C1CCOC1.C1CCOC1.C1CCOC1.C1CCOC1.C=C[O-].[Al+3].[CH3-].[CH3-].[CH3-].[CH3-].[Ca+2]. The van der Waals surface area contributed by atoms with Gasteiger partial charge in [0.05, 0.1) is 0 Å². The Balaban J connectivity index is -0.0000000401. The molecule has 4 saturated heterocycles. The van der Waals surface area contributed by atoms with Gasteiger partial charge in [-0.3, -0.25) is 0 Å². The molecular formula is C22H47AlCaO5. The van der Waals surface area contributed by atoms with E-state index in [1.54, 1.807) is 0 Å². The quantitative estimate of drug-likeness (QED) is 0.315. The smallest absolute Gasteiger partial charge is 0.878 e. The third kappa shape index (κ3) is 48.0. The van der Waals surface area contributed by atoms with Gasteiger partial charge in [0.1, 0.15) is 0 Å². The maximum absolute atomic E-state index is 8.69. The Labute approximate surface area is 224 Å². The van der Waals surface area contributed by atoms with Gasteiger partial charge in [0, 0.05) is 52.9 Å². The average Bonchev–Trinajstić information content (AvgIpc) is 3.47. The molecule has 4 fully saturated rings. The van der Waals surface area contributed by atoms with Crippen molar-refractivity contribution < 1.29 is 24.1 Å². The van der Waals surface area contributed by atoms with E-state index in [9.17, 15) is 0 Å². The zero-order chi connectivity index (χ0) is 16.8. The molecule has 170 valence electrons. The second-order valence-corrected chi connectivity index (χ2v) is 5.44. The molecule has 0 radical (unpaired) electrons. The van der Waals surface area contributed by atoms with Gasteiger partial charge in [-0.25, -0.2) is 0 Å². The van der Waals surface area contributed by atoms with Crippen LogP contribution in [0.15, 0.2) is 12.8 Å². The molecule has 4 aliphatic heterocycles. The third-order valence-electron chi connectivity index (χ3n) is 3.31. The first-order chi connectivity index (χ1) is 11.4. The minimum Gasteiger partial charge on any atom is -0.878 e. The first-order valence-electron chi connectivity index (χ1n) is 8.95. The summed E-state index contributed by atoms with van der Waals surface area (Å²) < 4.78 is 19.8. The Morgan fingerprint density at radius 1 is 0.483 bits per heavy atom. The van der Waals surface area contributed by atoms with E-state index in [2.05, 4.69) is 6.58 Å². The first kappa shape index (κ1) is 47.8. The van der Waals surface area contributed by atoms with Crippen LogP contribution in [-0.4, -0.2) is 108 Å². The van der Waals surface area contributed by atoms with Gasteiger partial charge >= 0.3 is 55.1 Å². The Morgan fingerprint density at radius 2 is 0.586 bits per heavy atom. The largest absolute Gasteiger partial charge is 3.00 e. The van der Waals surface area contributed by atoms with Crippen molar-refractivity contribution in [3.8, 4) is 0 Å². The molecule has 0 spiro atoms. The van der Waals surface area contributed by atoms with Gasteiger partial charge in [0.15, 0.2) is 0 Å². The number of hydrogen-bond acceptors (Lipinski definition) is 5. The summed E-state index contributed by atoms with van der Waals surface area (Å²) in [6, 6.07) is 0. The van der Waals surface area contributed by atoms with E-state index in [4.69, 9.17) is 24.1 Å². The second-order valence-electron chi connectivity index (χ2n) is 5.44. The molecule has 0 aliphatic carbocycles. The van der Waals surface area contributed by atoms with Gasteiger partial charge in [-0.15, -0.1) is 6.58 Å². The summed E-state index contributed by atoms with van der Waals surface area (Å²) in [6.45, 7) is 10.8. The molecule has 0 amide bonds. The van der Waals surface area contributed by atoms with Crippen LogP contribution in [0.4, 0.5) is 0 Å². The van der Waals surface area contributed by atoms with Crippen molar-refractivity contribution in [3.05, 3.63) is 42.5 Å². The average molecular weight is 459 g/mol. The van der Waals surface area contributed by atoms with Crippen molar-refractivity contribution in [3.63, 3.8) is 0 Å². The molecule has 0 aromatic carbocycles. The predicted octanol–water partition coefficient (Wildman–Crippen LogP) is 3.72. The summed E-state index contributed by atoms with van der Waals surface area (Å²) in [5.74, 6) is 0. The van der Waals surface area contributed by atoms with E-state index >= 15 is 0 Å². The standard InChI is InChI=1S/4C4H8O.C2H4O.4CH3.Al.Ca/c4*1-2-4-5-3-1;1-2-3;;;;;;/h4*1-4H2;2-3H,1H2;4*1H3;;/q;;;;;4*-1;+3;+2/p-1. The van der Waals surface area contributed by atoms with Crippen molar-refractivity contribution >= 4 is 55.1 Å². The number of ether oxygens (including phenoxy) is 4. The van der Waals surface area contributed by atoms with Gasteiger partial charge in [-0.2, -0.15) is 6.26 Å². The summed E-state index contributed by atoms with van der Waals surface area (Å²) in [5.41, 5.74) is 0. The van der Waals surface area contributed by atoms with Gasteiger partial charge in [0.25, 0.3) is 0 Å². The van der Waals surface area contributed by atoms with E-state index in [0.29, 0.717) is 6.26 Å². The van der Waals surface area contributed by atoms with E-state index in [-0.39, 0.29) is 84.8 Å². The normalized spacial score (nSPS) is 17.0. The van der Waals surface area contributed by atoms with Crippen LogP contribution < -0.4 is 5.11 Å². The zero-order valence-electron chi connectivity index (χ0n) is 19.9. The molecule has 0 atom stereocenters. The molecule has 0 saturated carbocycles. The van der Waals surface area contributed by atoms with E-state index in [1.165, 1.54) is 51.4 Å². The Bertz CT molecular complexity index is 151. The number of rotatable bonds is 0. The van der Waals surface area contributed by atoms with E-state index in [0.717, 1.165) is 52.9 Å². The molecule has 0 aromatic heterocycles. The molecule has 4 rings (SSSR count). The third-order valence-corrected chi connectivity index (χ3v) is 3.31. The van der Waals surface area contributed by atoms with Crippen molar-refractivity contribution in [2.75, 3.05) is 52.9 Å². The van der Waals surface area contributed by atoms with Crippen LogP contribution in [0.25, 0.3) is 0 Å². The molecular weight excluding hydrogens is 411 g/mol. The van der Waals surface area contributed by atoms with Crippen molar-refractivity contribution in [2.45, 2.75) is 51.4 Å². The Morgan fingerprint density at radius 3 is 0.621 bits per heavy atom. The second kappa shape index (κ2) is 47.1. The van der Waals surface area contributed by atoms with Crippen molar-refractivity contribution in [2.24, 2.45) is 0 Å². The minimum atomic E-state index is 0. The van der Waals surface area contributed by atoms with E-state index in [1.807, 2.05) is 0 Å². The van der Waals surface area contributed by atoms with Gasteiger partial charge in [-0.05, 0) is 51.4 Å². The summed E-state index contributed by atoms with van der Waals surface area (Å²) in [5, 5.41) is 8.69. The maximum Gasteiger partial charge on any atom is 3.00 e. The maximum atomic E-state index is 8.69. The summed E-state index contributed by atoms with van der Waals surface area (Å²) in [7, 11) is 0. The molecule has 29 heavy (non-hydrogen) atoms. The molecule has 7 heteroatoms. The molecule has 0 aromatic rings. The Hall–Kier alpha value is 1.17. The van der Waals surface area contributed by atoms with Crippen LogP contribution in [0.1, 0.15) is 51.4 Å². The first-order valence-corrected chi connectivity index (χ1v) is 8.95. The monoisotopic (exact) mass is 458 g/mol. The van der Waals surface area contributed by atoms with Gasteiger partial charge in [-0.1, -0.05) is 0 Å². The predicted molar refractivity (Wildman–Crippen MR) is 128 cm³/mol. The molecule has 0 bridgehead atoms. The number of hydrogen-bond donors (Lipinski definition) is 0. The fourth-order valence-electron chi connectivity index (χ4n) is 2.04. The van der Waals surface area contributed by atoms with Crippen LogP contribution in [0.2, 0.25) is 0 Å². The van der Waals surface area contributed by atoms with Crippen molar-refractivity contribution in [1.29, 1.82) is 0 Å². The molecule has 4 heterocycles. The summed E-state index contributed by atoms with van der Waals surface area (Å²) in [6.07, 6.45) is 10.7. The topological polar surface area (TPSA) is 60.0 Å². The zero-order valence-corrected chi connectivity index (χ0v) is 23.3. The summed E-state index contributed by atoms with van der Waals surface area (Å²) in [4.78, 5) is 0. The van der Waals surface area contributed by atoms with Crippen molar-refractivity contribution in [1.82, 2.24) is 0 Å². The van der Waals surface area contributed by atoms with Crippen LogP contribution >= 0.6 is 0 Å². The van der Waals surface area contributed by atoms with Crippen LogP contribution in [-0.2, 0) is 18.9 Å². The van der Waals surface area contributed by atoms with E-state index < -0.39 is 0 Å². The van der Waals surface area contributed by atoms with Gasteiger partial charge < -0.3 is 53.8 Å². The molecule has 4 aliphatic rings. The fraction of sp³-hybridized carbons (Fsp3) is 0.727. The molecule has 0 N–H and O–H groups in total. The van der Waals surface area contributed by atoms with Crippen LogP contribution in [0.5, 0.6) is 0 Å². The molecule has 5 nitrogen and oxygen atoms in total. The molecule has 0 unspecified atom stereocenters. The Kier molecular flexibility index (Phi) is 77.7. The van der Waals surface area contributed by atoms with Gasteiger partial charge in [0.2, 0.25) is 0 Å². The fourth-order valence-corrected chi connectivity index (χ4v) is 2.04.